The average molecular weight is 250 g/mol. The molecule has 18 heavy (non-hydrogen) atoms. The van der Waals surface area contributed by atoms with Crippen molar-refractivity contribution in [1.29, 1.82) is 0 Å². The molecule has 0 saturated carbocycles. The fourth-order valence-electron chi connectivity index (χ4n) is 1.70. The van der Waals surface area contributed by atoms with Crippen LogP contribution in [0.5, 0.6) is 0 Å². The molecule has 1 amide bonds. The van der Waals surface area contributed by atoms with Gasteiger partial charge in [-0.25, -0.2) is 0 Å². The summed E-state index contributed by atoms with van der Waals surface area (Å²) in [5, 5.41) is 3.22. The molecule has 0 bridgehead atoms. The number of hydrogen-bond donors (Lipinski definition) is 3. The Morgan fingerprint density at radius 1 is 1.33 bits per heavy atom. The number of primary amides is 1. The summed E-state index contributed by atoms with van der Waals surface area (Å²) in [7, 11) is 4.11. The third-order valence-corrected chi connectivity index (χ3v) is 2.66. The summed E-state index contributed by atoms with van der Waals surface area (Å²) >= 11 is 0. The van der Waals surface area contributed by atoms with Crippen LogP contribution in [0.4, 0.5) is 11.4 Å². The van der Waals surface area contributed by atoms with Gasteiger partial charge >= 0.3 is 0 Å². The van der Waals surface area contributed by atoms with Crippen LogP contribution >= 0.6 is 0 Å². The molecular formula is C13H22N4O. The first kappa shape index (κ1) is 14.3. The molecule has 0 spiro atoms. The Hall–Kier alpha value is -1.75. The Kier molecular flexibility index (Phi) is 5.45. The van der Waals surface area contributed by atoms with Crippen LogP contribution in [0.1, 0.15) is 23.2 Å². The highest BCUT2D eigenvalue weighted by Crippen LogP contribution is 2.18. The molecule has 100 valence electrons. The van der Waals surface area contributed by atoms with Crippen molar-refractivity contribution >= 4 is 17.3 Å². The van der Waals surface area contributed by atoms with Gasteiger partial charge in [-0.2, -0.15) is 0 Å². The largest absolute Gasteiger partial charge is 0.399 e. The van der Waals surface area contributed by atoms with E-state index in [4.69, 9.17) is 11.5 Å². The van der Waals surface area contributed by atoms with Crippen LogP contribution in [0.3, 0.4) is 0 Å². The van der Waals surface area contributed by atoms with E-state index in [9.17, 15) is 4.79 Å². The normalized spacial score (nSPS) is 10.6. The molecule has 0 saturated heterocycles. The number of carbonyl (C=O) groups is 1. The first-order valence-corrected chi connectivity index (χ1v) is 6.08. The number of anilines is 2. The van der Waals surface area contributed by atoms with Gasteiger partial charge in [-0.1, -0.05) is 0 Å². The summed E-state index contributed by atoms with van der Waals surface area (Å²) in [6.07, 6.45) is 2.15. The van der Waals surface area contributed by atoms with E-state index in [1.165, 1.54) is 0 Å². The Labute approximate surface area is 108 Å². The second-order valence-corrected chi connectivity index (χ2v) is 4.61. The molecule has 0 fully saturated rings. The zero-order valence-corrected chi connectivity index (χ0v) is 11.1. The summed E-state index contributed by atoms with van der Waals surface area (Å²) in [6, 6.07) is 5.15. The number of carbonyl (C=O) groups excluding carboxylic acids is 1. The minimum atomic E-state index is -0.460. The van der Waals surface area contributed by atoms with Gasteiger partial charge in [0.15, 0.2) is 0 Å². The van der Waals surface area contributed by atoms with Gasteiger partial charge in [0.25, 0.3) is 5.91 Å². The van der Waals surface area contributed by atoms with Crippen LogP contribution in [-0.2, 0) is 0 Å². The highest BCUT2D eigenvalue weighted by molar-refractivity contribution is 5.99. The number of amides is 1. The molecule has 0 aromatic heterocycles. The number of nitrogens with one attached hydrogen (secondary N) is 1. The van der Waals surface area contributed by atoms with Crippen LogP contribution in [-0.4, -0.2) is 38.0 Å². The zero-order chi connectivity index (χ0) is 13.5. The second-order valence-electron chi connectivity index (χ2n) is 4.61. The summed E-state index contributed by atoms with van der Waals surface area (Å²) < 4.78 is 0. The van der Waals surface area contributed by atoms with Crippen molar-refractivity contribution in [2.75, 3.05) is 38.2 Å². The minimum absolute atomic E-state index is 0.447. The first-order chi connectivity index (χ1) is 8.50. The van der Waals surface area contributed by atoms with Gasteiger partial charge in [0.2, 0.25) is 0 Å². The van der Waals surface area contributed by atoms with E-state index >= 15 is 0 Å². The molecule has 0 aliphatic carbocycles. The average Bonchev–Trinajstić information content (AvgIpc) is 2.29. The molecule has 5 nitrogen and oxygen atoms in total. The SMILES string of the molecule is CN(C)CCCCNc1ccc(N)cc1C(N)=O. The molecule has 0 radical (unpaired) electrons. The number of unbranched alkanes of at least 4 members (excludes halogenated alkanes) is 1. The van der Waals surface area contributed by atoms with Crippen molar-refractivity contribution in [3.05, 3.63) is 23.8 Å². The quantitative estimate of drug-likeness (QED) is 0.500. The molecule has 0 aliphatic heterocycles. The number of nitrogens with zero attached hydrogens (tertiary/aromatic N) is 1. The molecule has 1 rings (SSSR count). The van der Waals surface area contributed by atoms with Crippen LogP contribution in [0.2, 0.25) is 0 Å². The minimum Gasteiger partial charge on any atom is -0.399 e. The maximum Gasteiger partial charge on any atom is 0.250 e. The third kappa shape index (κ3) is 4.63. The fourth-order valence-corrected chi connectivity index (χ4v) is 1.70. The molecule has 1 aromatic rings. The van der Waals surface area contributed by atoms with Crippen molar-refractivity contribution in [3.63, 3.8) is 0 Å². The van der Waals surface area contributed by atoms with E-state index in [1.54, 1.807) is 18.2 Å². The molecule has 1 aromatic carbocycles. The van der Waals surface area contributed by atoms with Gasteiger partial charge in [0, 0.05) is 17.9 Å². The second kappa shape index (κ2) is 6.86. The zero-order valence-electron chi connectivity index (χ0n) is 11.1. The van der Waals surface area contributed by atoms with Crippen LogP contribution in [0.25, 0.3) is 0 Å². The number of rotatable bonds is 7. The van der Waals surface area contributed by atoms with E-state index in [0.717, 1.165) is 31.6 Å². The monoisotopic (exact) mass is 250 g/mol. The van der Waals surface area contributed by atoms with E-state index < -0.39 is 5.91 Å². The lowest BCUT2D eigenvalue weighted by Crippen LogP contribution is -2.16. The predicted molar refractivity (Wildman–Crippen MR) is 75.7 cm³/mol. The summed E-state index contributed by atoms with van der Waals surface area (Å²) in [6.45, 7) is 1.88. The Bertz CT molecular complexity index is 404. The lowest BCUT2D eigenvalue weighted by molar-refractivity contribution is 0.100. The lowest BCUT2D eigenvalue weighted by Gasteiger charge is -2.12. The molecule has 5 N–H and O–H groups in total. The highest BCUT2D eigenvalue weighted by atomic mass is 16.1. The van der Waals surface area contributed by atoms with Crippen LogP contribution in [0, 0.1) is 0 Å². The van der Waals surface area contributed by atoms with Gasteiger partial charge in [-0.3, -0.25) is 4.79 Å². The maximum absolute atomic E-state index is 11.3. The van der Waals surface area contributed by atoms with Crippen molar-refractivity contribution in [2.24, 2.45) is 5.73 Å². The van der Waals surface area contributed by atoms with Crippen molar-refractivity contribution < 1.29 is 4.79 Å². The third-order valence-electron chi connectivity index (χ3n) is 2.66. The lowest BCUT2D eigenvalue weighted by atomic mass is 10.1. The van der Waals surface area contributed by atoms with Crippen molar-refractivity contribution in [2.45, 2.75) is 12.8 Å². The Morgan fingerprint density at radius 2 is 2.06 bits per heavy atom. The summed E-state index contributed by atoms with van der Waals surface area (Å²) in [5.74, 6) is -0.460. The predicted octanol–water partition coefficient (Wildman–Crippen LogP) is 1.12. The topological polar surface area (TPSA) is 84.4 Å². The van der Waals surface area contributed by atoms with Gasteiger partial charge in [0.1, 0.15) is 0 Å². The van der Waals surface area contributed by atoms with Gasteiger partial charge in [0.05, 0.1) is 5.56 Å². The van der Waals surface area contributed by atoms with E-state index in [0.29, 0.717) is 11.3 Å². The molecule has 0 unspecified atom stereocenters. The standard InChI is InChI=1S/C13H22N4O/c1-17(2)8-4-3-7-16-12-6-5-10(14)9-11(12)13(15)18/h5-6,9,16H,3-4,7-8,14H2,1-2H3,(H2,15,18). The fraction of sp³-hybridized carbons (Fsp3) is 0.462. The maximum atomic E-state index is 11.3. The first-order valence-electron chi connectivity index (χ1n) is 6.08. The van der Waals surface area contributed by atoms with E-state index in [1.807, 2.05) is 0 Å². The molecule has 0 aliphatic rings. The smallest absolute Gasteiger partial charge is 0.250 e. The number of nitrogen functional groups attached to an aromatic ring is 1. The number of benzene rings is 1. The summed E-state index contributed by atoms with van der Waals surface area (Å²) in [5.41, 5.74) is 12.7. The summed E-state index contributed by atoms with van der Waals surface area (Å²) in [4.78, 5) is 13.4. The molecule has 5 heteroatoms. The van der Waals surface area contributed by atoms with Gasteiger partial charge in [-0.05, 0) is 51.7 Å². The number of nitrogens with two attached hydrogens (primary N) is 2. The van der Waals surface area contributed by atoms with Gasteiger partial charge < -0.3 is 21.7 Å². The van der Waals surface area contributed by atoms with E-state index in [-0.39, 0.29) is 0 Å². The van der Waals surface area contributed by atoms with Crippen LogP contribution in [0.15, 0.2) is 18.2 Å². The van der Waals surface area contributed by atoms with Crippen molar-refractivity contribution in [3.8, 4) is 0 Å². The van der Waals surface area contributed by atoms with Gasteiger partial charge in [-0.15, -0.1) is 0 Å². The highest BCUT2D eigenvalue weighted by Gasteiger charge is 2.07. The Morgan fingerprint density at radius 3 is 2.67 bits per heavy atom. The van der Waals surface area contributed by atoms with Crippen molar-refractivity contribution in [1.82, 2.24) is 4.90 Å². The van der Waals surface area contributed by atoms with Crippen LogP contribution < -0.4 is 16.8 Å². The molecule has 0 atom stereocenters. The Balaban J connectivity index is 2.49. The molecule has 0 heterocycles. The molecular weight excluding hydrogens is 228 g/mol. The van der Waals surface area contributed by atoms with E-state index in [2.05, 4.69) is 24.3 Å². The number of hydrogen-bond acceptors (Lipinski definition) is 4.